The largest absolute Gasteiger partial charge is 0.493 e. The molecule has 4 nitrogen and oxygen atoms in total. The van der Waals surface area contributed by atoms with Gasteiger partial charge in [0.05, 0.1) is 19.1 Å². The predicted octanol–water partition coefficient (Wildman–Crippen LogP) is 1.69. The molecule has 0 radical (unpaired) electrons. The summed E-state index contributed by atoms with van der Waals surface area (Å²) in [7, 11) is 3.51. The molecule has 0 N–H and O–H groups in total. The molecule has 0 fully saturated rings. The molecular formula is C11H15N3O. The highest BCUT2D eigenvalue weighted by Gasteiger charge is 2.11. The van der Waals surface area contributed by atoms with Crippen molar-refractivity contribution < 1.29 is 4.74 Å². The monoisotopic (exact) mass is 205 g/mol. The summed E-state index contributed by atoms with van der Waals surface area (Å²) in [6.07, 6.45) is 1.71. The van der Waals surface area contributed by atoms with Crippen molar-refractivity contribution in [3.8, 4) is 11.8 Å². The topological polar surface area (TPSA) is 49.1 Å². The average molecular weight is 205 g/mol. The minimum atomic E-state index is -0.0262. The van der Waals surface area contributed by atoms with Gasteiger partial charge in [0.25, 0.3) is 0 Å². The maximum absolute atomic E-state index is 8.73. The second kappa shape index (κ2) is 5.20. The Morgan fingerprint density at radius 2 is 2.40 bits per heavy atom. The molecule has 0 aliphatic rings. The van der Waals surface area contributed by atoms with Crippen LogP contribution in [0.15, 0.2) is 18.3 Å². The Bertz CT molecular complexity index is 359. The van der Waals surface area contributed by atoms with Crippen LogP contribution in [0.2, 0.25) is 0 Å². The lowest BCUT2D eigenvalue weighted by Crippen LogP contribution is -2.24. The number of hydrogen-bond acceptors (Lipinski definition) is 4. The van der Waals surface area contributed by atoms with E-state index in [-0.39, 0.29) is 5.92 Å². The molecule has 0 bridgehead atoms. The Kier molecular flexibility index (Phi) is 3.92. The van der Waals surface area contributed by atoms with Crippen molar-refractivity contribution in [1.82, 2.24) is 4.98 Å². The fraction of sp³-hybridized carbons (Fsp3) is 0.455. The standard InChI is InChI=1S/C11H15N3O/c1-9(7-12)8-14(2)11-10(15-3)5-4-6-13-11/h4-6,9H,8H2,1-3H3. The molecule has 1 aromatic rings. The summed E-state index contributed by atoms with van der Waals surface area (Å²) < 4.78 is 5.19. The van der Waals surface area contributed by atoms with Crippen molar-refractivity contribution in [3.05, 3.63) is 18.3 Å². The van der Waals surface area contributed by atoms with E-state index in [1.807, 2.05) is 31.0 Å². The van der Waals surface area contributed by atoms with Crippen LogP contribution in [0.25, 0.3) is 0 Å². The van der Waals surface area contributed by atoms with E-state index in [1.165, 1.54) is 0 Å². The lowest BCUT2D eigenvalue weighted by atomic mass is 10.2. The zero-order chi connectivity index (χ0) is 11.3. The first kappa shape index (κ1) is 11.3. The molecule has 1 rings (SSSR count). The molecule has 1 heterocycles. The smallest absolute Gasteiger partial charge is 0.171 e. The third-order valence-electron chi connectivity index (χ3n) is 2.10. The van der Waals surface area contributed by atoms with Gasteiger partial charge in [-0.1, -0.05) is 0 Å². The number of ether oxygens (including phenoxy) is 1. The van der Waals surface area contributed by atoms with Crippen molar-refractivity contribution in [2.45, 2.75) is 6.92 Å². The highest BCUT2D eigenvalue weighted by molar-refractivity contribution is 5.51. The number of methoxy groups -OCH3 is 1. The van der Waals surface area contributed by atoms with E-state index in [1.54, 1.807) is 13.3 Å². The summed E-state index contributed by atoms with van der Waals surface area (Å²) in [6.45, 7) is 2.52. The fourth-order valence-corrected chi connectivity index (χ4v) is 1.37. The lowest BCUT2D eigenvalue weighted by Gasteiger charge is -2.20. The summed E-state index contributed by atoms with van der Waals surface area (Å²) in [4.78, 5) is 6.15. The van der Waals surface area contributed by atoms with E-state index in [0.717, 1.165) is 11.6 Å². The van der Waals surface area contributed by atoms with Gasteiger partial charge in [0.1, 0.15) is 0 Å². The molecule has 0 saturated heterocycles. The van der Waals surface area contributed by atoms with Crippen LogP contribution in [0.5, 0.6) is 5.75 Å². The summed E-state index contributed by atoms with van der Waals surface area (Å²) in [6, 6.07) is 5.87. The van der Waals surface area contributed by atoms with E-state index in [4.69, 9.17) is 10.00 Å². The number of anilines is 1. The Morgan fingerprint density at radius 3 is 3.00 bits per heavy atom. The van der Waals surface area contributed by atoms with Crippen LogP contribution < -0.4 is 9.64 Å². The van der Waals surface area contributed by atoms with Gasteiger partial charge in [-0.3, -0.25) is 0 Å². The first-order chi connectivity index (χ1) is 7.19. The molecule has 1 atom stereocenters. The van der Waals surface area contributed by atoms with Gasteiger partial charge in [0.2, 0.25) is 0 Å². The lowest BCUT2D eigenvalue weighted by molar-refractivity contribution is 0.412. The molecular weight excluding hydrogens is 190 g/mol. The van der Waals surface area contributed by atoms with Gasteiger partial charge in [-0.2, -0.15) is 5.26 Å². The Morgan fingerprint density at radius 1 is 1.67 bits per heavy atom. The molecule has 0 saturated carbocycles. The zero-order valence-corrected chi connectivity index (χ0v) is 9.27. The minimum absolute atomic E-state index is 0.0262. The molecule has 4 heteroatoms. The van der Waals surface area contributed by atoms with E-state index in [0.29, 0.717) is 6.54 Å². The van der Waals surface area contributed by atoms with Gasteiger partial charge < -0.3 is 9.64 Å². The van der Waals surface area contributed by atoms with Crippen LogP contribution in [0, 0.1) is 17.2 Å². The van der Waals surface area contributed by atoms with Gasteiger partial charge in [0, 0.05) is 19.8 Å². The number of hydrogen-bond donors (Lipinski definition) is 0. The first-order valence-corrected chi connectivity index (χ1v) is 4.78. The first-order valence-electron chi connectivity index (χ1n) is 4.78. The molecule has 0 amide bonds. The second-order valence-corrected chi connectivity index (χ2v) is 3.44. The fourth-order valence-electron chi connectivity index (χ4n) is 1.37. The van der Waals surface area contributed by atoms with Crippen molar-refractivity contribution in [3.63, 3.8) is 0 Å². The maximum Gasteiger partial charge on any atom is 0.171 e. The van der Waals surface area contributed by atoms with Crippen LogP contribution in [0.3, 0.4) is 0 Å². The van der Waals surface area contributed by atoms with Crippen molar-refractivity contribution in [2.24, 2.45) is 5.92 Å². The van der Waals surface area contributed by atoms with Crippen LogP contribution in [0.4, 0.5) is 5.82 Å². The minimum Gasteiger partial charge on any atom is -0.493 e. The molecule has 0 aliphatic carbocycles. The van der Waals surface area contributed by atoms with Gasteiger partial charge in [-0.15, -0.1) is 0 Å². The molecule has 0 aromatic carbocycles. The number of pyridine rings is 1. The quantitative estimate of drug-likeness (QED) is 0.750. The number of rotatable bonds is 4. The van der Waals surface area contributed by atoms with Crippen LogP contribution in [-0.2, 0) is 0 Å². The SMILES string of the molecule is COc1cccnc1N(C)CC(C)C#N. The Hall–Kier alpha value is -1.76. The molecule has 1 unspecified atom stereocenters. The Balaban J connectivity index is 2.82. The summed E-state index contributed by atoms with van der Waals surface area (Å²) in [5, 5.41) is 8.73. The van der Waals surface area contributed by atoms with Crippen LogP contribution in [-0.4, -0.2) is 25.7 Å². The molecule has 80 valence electrons. The van der Waals surface area contributed by atoms with E-state index in [2.05, 4.69) is 11.1 Å². The third-order valence-corrected chi connectivity index (χ3v) is 2.10. The Labute approximate surface area is 90.1 Å². The van der Waals surface area contributed by atoms with E-state index >= 15 is 0 Å². The number of aromatic nitrogens is 1. The molecule has 15 heavy (non-hydrogen) atoms. The van der Waals surface area contributed by atoms with Gasteiger partial charge >= 0.3 is 0 Å². The summed E-state index contributed by atoms with van der Waals surface area (Å²) in [5.41, 5.74) is 0. The second-order valence-electron chi connectivity index (χ2n) is 3.44. The van der Waals surface area contributed by atoms with Crippen LogP contribution in [0.1, 0.15) is 6.92 Å². The summed E-state index contributed by atoms with van der Waals surface area (Å²) >= 11 is 0. The van der Waals surface area contributed by atoms with E-state index < -0.39 is 0 Å². The van der Waals surface area contributed by atoms with Gasteiger partial charge in [-0.25, -0.2) is 4.98 Å². The zero-order valence-electron chi connectivity index (χ0n) is 9.27. The molecule has 1 aromatic heterocycles. The van der Waals surface area contributed by atoms with Crippen molar-refractivity contribution in [2.75, 3.05) is 25.6 Å². The van der Waals surface area contributed by atoms with Gasteiger partial charge in [-0.05, 0) is 19.1 Å². The maximum atomic E-state index is 8.73. The van der Waals surface area contributed by atoms with Crippen molar-refractivity contribution >= 4 is 5.82 Å². The number of nitrogens with zero attached hydrogens (tertiary/aromatic N) is 3. The highest BCUT2D eigenvalue weighted by Crippen LogP contribution is 2.23. The van der Waals surface area contributed by atoms with Crippen LogP contribution >= 0.6 is 0 Å². The normalized spacial score (nSPS) is 11.6. The molecule has 0 aliphatic heterocycles. The average Bonchev–Trinajstić information content (AvgIpc) is 2.28. The predicted molar refractivity (Wildman–Crippen MR) is 58.8 cm³/mol. The highest BCUT2D eigenvalue weighted by atomic mass is 16.5. The summed E-state index contributed by atoms with van der Waals surface area (Å²) in [5.74, 6) is 1.47. The van der Waals surface area contributed by atoms with E-state index in [9.17, 15) is 0 Å². The number of nitriles is 1. The third kappa shape index (κ3) is 2.84. The molecule has 0 spiro atoms. The van der Waals surface area contributed by atoms with Crippen molar-refractivity contribution in [1.29, 1.82) is 5.26 Å². The van der Waals surface area contributed by atoms with Gasteiger partial charge in [0.15, 0.2) is 11.6 Å².